The summed E-state index contributed by atoms with van der Waals surface area (Å²) in [5.74, 6) is 1.99. The Balaban J connectivity index is 1.17. The summed E-state index contributed by atoms with van der Waals surface area (Å²) in [5.41, 5.74) is 11.4. The zero-order valence-corrected chi connectivity index (χ0v) is 27.6. The maximum atomic E-state index is 13.4. The first kappa shape index (κ1) is 32.2. The standard InChI is InChI=1S/C36H44N8O3/c1-24-9-11-25(12-10-24)38-32(21-31(37)36(2,3)4)40-35(45)39-29-14-15-30(28-8-6-5-7-27(28)29)47-26-13-16-33-41-42-34(44(33)22-26)23-43-17-19-46-20-18-43/h5-13,16,21-22,29-30H,14-15,17-20,23,37H2,1-4H3,(H2,38,39,40,45)/t29-,30+/m0/s1. The van der Waals surface area contributed by atoms with Gasteiger partial charge in [0.05, 0.1) is 37.7 Å². The summed E-state index contributed by atoms with van der Waals surface area (Å²) in [7, 11) is 0. The van der Waals surface area contributed by atoms with Gasteiger partial charge in [-0.15, -0.1) is 10.2 Å². The van der Waals surface area contributed by atoms with Crippen LogP contribution in [0.5, 0.6) is 5.75 Å². The van der Waals surface area contributed by atoms with Gasteiger partial charge in [0.1, 0.15) is 17.7 Å². The summed E-state index contributed by atoms with van der Waals surface area (Å²) < 4.78 is 14.1. The van der Waals surface area contributed by atoms with Crippen LogP contribution in [0.15, 0.2) is 83.6 Å². The average molecular weight is 637 g/mol. The first-order valence-electron chi connectivity index (χ1n) is 16.2. The minimum Gasteiger partial charge on any atom is -0.484 e. The number of carbonyl (C=O) groups excluding carboxylic acids is 1. The summed E-state index contributed by atoms with van der Waals surface area (Å²) in [4.78, 5) is 20.4. The molecule has 1 aliphatic carbocycles. The minimum absolute atomic E-state index is 0.169. The van der Waals surface area contributed by atoms with Crippen molar-refractivity contribution in [2.45, 2.75) is 59.2 Å². The van der Waals surface area contributed by atoms with Crippen molar-refractivity contribution in [3.63, 3.8) is 0 Å². The Morgan fingerprint density at radius 2 is 1.79 bits per heavy atom. The normalized spacial score (nSPS) is 19.3. The molecular weight excluding hydrogens is 592 g/mol. The third-order valence-corrected chi connectivity index (χ3v) is 8.62. The fourth-order valence-electron chi connectivity index (χ4n) is 5.77. The molecule has 2 amide bonds. The van der Waals surface area contributed by atoms with E-state index in [-0.39, 0.29) is 23.6 Å². The number of amidine groups is 1. The Morgan fingerprint density at radius 3 is 2.53 bits per heavy atom. The van der Waals surface area contributed by atoms with Crippen LogP contribution in [-0.4, -0.2) is 57.7 Å². The molecule has 0 spiro atoms. The number of morpholine rings is 1. The van der Waals surface area contributed by atoms with Gasteiger partial charge < -0.3 is 20.5 Å². The summed E-state index contributed by atoms with van der Waals surface area (Å²) in [6.45, 7) is 12.0. The molecule has 11 heteroatoms. The van der Waals surface area contributed by atoms with E-state index < -0.39 is 0 Å². The number of hydrogen-bond acceptors (Lipinski definition) is 8. The van der Waals surface area contributed by atoms with Crippen LogP contribution in [0.3, 0.4) is 0 Å². The number of carbonyl (C=O) groups is 1. The molecule has 4 aromatic rings. The van der Waals surface area contributed by atoms with E-state index in [4.69, 9.17) is 20.2 Å². The quantitative estimate of drug-likeness (QED) is 0.174. The van der Waals surface area contributed by atoms with Gasteiger partial charge in [-0.1, -0.05) is 62.7 Å². The number of rotatable bonds is 7. The molecule has 2 aromatic heterocycles. The number of benzene rings is 2. The van der Waals surface area contributed by atoms with Crippen molar-refractivity contribution in [1.82, 2.24) is 30.1 Å². The Kier molecular flexibility index (Phi) is 9.55. The number of allylic oxidation sites excluding steroid dienone is 1. The molecule has 2 atom stereocenters. The van der Waals surface area contributed by atoms with Gasteiger partial charge in [-0.3, -0.25) is 14.6 Å². The van der Waals surface area contributed by atoms with Gasteiger partial charge in [0.25, 0.3) is 0 Å². The van der Waals surface area contributed by atoms with Crippen LogP contribution >= 0.6 is 0 Å². The molecule has 11 nitrogen and oxygen atoms in total. The largest absolute Gasteiger partial charge is 0.484 e. The third-order valence-electron chi connectivity index (χ3n) is 8.62. The van der Waals surface area contributed by atoms with E-state index in [2.05, 4.69) is 37.9 Å². The molecule has 47 heavy (non-hydrogen) atoms. The van der Waals surface area contributed by atoms with Crippen molar-refractivity contribution in [2.75, 3.05) is 26.3 Å². The number of hydrogen-bond donors (Lipinski definition) is 3. The second-order valence-corrected chi connectivity index (χ2v) is 13.2. The Bertz CT molecular complexity index is 1770. The number of nitrogens with two attached hydrogens (primary N) is 1. The van der Waals surface area contributed by atoms with Gasteiger partial charge in [-0.2, -0.15) is 0 Å². The fourth-order valence-corrected chi connectivity index (χ4v) is 5.77. The van der Waals surface area contributed by atoms with E-state index >= 15 is 0 Å². The number of fused-ring (bicyclic) bond motifs is 2. The summed E-state index contributed by atoms with van der Waals surface area (Å²) in [6, 6.07) is 19.3. The van der Waals surface area contributed by atoms with Crippen molar-refractivity contribution >= 4 is 23.2 Å². The van der Waals surface area contributed by atoms with Gasteiger partial charge >= 0.3 is 6.03 Å². The molecule has 4 N–H and O–H groups in total. The van der Waals surface area contributed by atoms with E-state index in [0.29, 0.717) is 24.5 Å². The Morgan fingerprint density at radius 1 is 1.04 bits per heavy atom. The zero-order chi connectivity index (χ0) is 33.0. The molecule has 6 rings (SSSR count). The lowest BCUT2D eigenvalue weighted by molar-refractivity contribution is 0.0329. The van der Waals surface area contributed by atoms with Crippen LogP contribution < -0.4 is 21.1 Å². The number of amides is 2. The molecule has 0 unspecified atom stereocenters. The van der Waals surface area contributed by atoms with Gasteiger partial charge in [-0.25, -0.2) is 9.79 Å². The van der Waals surface area contributed by atoms with Crippen molar-refractivity contribution in [1.29, 1.82) is 0 Å². The second-order valence-electron chi connectivity index (χ2n) is 13.2. The highest BCUT2D eigenvalue weighted by atomic mass is 16.5. The van der Waals surface area contributed by atoms with E-state index in [0.717, 1.165) is 72.3 Å². The smallest absolute Gasteiger partial charge is 0.320 e. The molecule has 3 heterocycles. The van der Waals surface area contributed by atoms with Crippen LogP contribution in [0.25, 0.3) is 5.65 Å². The number of nitrogens with one attached hydrogen (secondary N) is 2. The molecule has 0 bridgehead atoms. The maximum absolute atomic E-state index is 13.4. The van der Waals surface area contributed by atoms with Crippen molar-refractivity contribution in [3.05, 3.63) is 101 Å². The molecule has 1 saturated heterocycles. The van der Waals surface area contributed by atoms with E-state index in [1.807, 2.05) is 86.8 Å². The van der Waals surface area contributed by atoms with Crippen LogP contribution in [0.4, 0.5) is 10.5 Å². The van der Waals surface area contributed by atoms with Crippen LogP contribution in [0.2, 0.25) is 0 Å². The molecule has 1 aliphatic heterocycles. The van der Waals surface area contributed by atoms with Gasteiger partial charge in [0.15, 0.2) is 11.5 Å². The predicted octanol–water partition coefficient (Wildman–Crippen LogP) is 5.74. The lowest BCUT2D eigenvalue weighted by atomic mass is 9.85. The van der Waals surface area contributed by atoms with Crippen molar-refractivity contribution in [2.24, 2.45) is 16.1 Å². The Labute approximate surface area is 275 Å². The Hall–Kier alpha value is -4.74. The number of nitrogens with zero attached hydrogens (tertiary/aromatic N) is 5. The van der Waals surface area contributed by atoms with E-state index in [9.17, 15) is 4.79 Å². The van der Waals surface area contributed by atoms with Gasteiger partial charge in [-0.05, 0) is 55.2 Å². The summed E-state index contributed by atoms with van der Waals surface area (Å²) in [5, 5.41) is 14.9. The SMILES string of the molecule is Cc1ccc(N=C(C=C(N)C(C)(C)C)NC(=O)N[C@H]2CC[C@@H](Oc3ccc4nnc(CN5CCOCC5)n4c3)c3ccccc32)cc1. The summed E-state index contributed by atoms with van der Waals surface area (Å²) in [6.07, 6.45) is 4.96. The molecule has 2 aromatic carbocycles. The predicted molar refractivity (Wildman–Crippen MR) is 183 cm³/mol. The maximum Gasteiger partial charge on any atom is 0.320 e. The number of aryl methyl sites for hydroxylation is 1. The summed E-state index contributed by atoms with van der Waals surface area (Å²) >= 11 is 0. The molecule has 0 saturated carbocycles. The number of aliphatic imine (C=N–C) groups is 1. The monoisotopic (exact) mass is 636 g/mol. The molecule has 246 valence electrons. The van der Waals surface area contributed by atoms with Crippen molar-refractivity contribution in [3.8, 4) is 5.75 Å². The van der Waals surface area contributed by atoms with Crippen LogP contribution in [0.1, 0.15) is 68.3 Å². The highest BCUT2D eigenvalue weighted by Crippen LogP contribution is 2.38. The highest BCUT2D eigenvalue weighted by Gasteiger charge is 2.30. The molecular formula is C36H44N8O3. The first-order chi connectivity index (χ1) is 22.6. The third kappa shape index (κ3) is 7.98. The molecule has 2 aliphatic rings. The number of pyridine rings is 1. The van der Waals surface area contributed by atoms with Crippen LogP contribution in [0, 0.1) is 12.3 Å². The number of ether oxygens (including phenoxy) is 2. The van der Waals surface area contributed by atoms with E-state index in [1.165, 1.54) is 0 Å². The number of urea groups is 1. The first-order valence-corrected chi connectivity index (χ1v) is 16.2. The van der Waals surface area contributed by atoms with Gasteiger partial charge in [0.2, 0.25) is 0 Å². The van der Waals surface area contributed by atoms with Gasteiger partial charge in [0, 0.05) is 30.3 Å². The molecule has 0 radical (unpaired) electrons. The highest BCUT2D eigenvalue weighted by molar-refractivity contribution is 6.05. The minimum atomic E-state index is -0.348. The molecule has 1 fully saturated rings. The number of aromatic nitrogens is 3. The van der Waals surface area contributed by atoms with Crippen molar-refractivity contribution < 1.29 is 14.3 Å². The zero-order valence-electron chi connectivity index (χ0n) is 27.6. The second kappa shape index (κ2) is 13.9. The topological polar surface area (TPSA) is 131 Å². The fraction of sp³-hybridized carbons (Fsp3) is 0.389. The van der Waals surface area contributed by atoms with Crippen LogP contribution in [-0.2, 0) is 11.3 Å². The lowest BCUT2D eigenvalue weighted by Gasteiger charge is -2.32. The van der Waals surface area contributed by atoms with E-state index in [1.54, 1.807) is 6.08 Å². The average Bonchev–Trinajstić information content (AvgIpc) is 3.45. The lowest BCUT2D eigenvalue weighted by Crippen LogP contribution is -2.42.